The van der Waals surface area contributed by atoms with Gasteiger partial charge in [-0.3, -0.25) is 0 Å². The van der Waals surface area contributed by atoms with E-state index in [2.05, 4.69) is 47.0 Å². The Morgan fingerprint density at radius 1 is 1.20 bits per heavy atom. The van der Waals surface area contributed by atoms with Gasteiger partial charge < -0.3 is 9.40 Å². The Hall–Kier alpha value is -2.36. The summed E-state index contributed by atoms with van der Waals surface area (Å²) in [7, 11) is 0. The third-order valence-electron chi connectivity index (χ3n) is 3.81. The summed E-state index contributed by atoms with van der Waals surface area (Å²) in [6.07, 6.45) is 7.61. The van der Waals surface area contributed by atoms with Crippen LogP contribution in [0.25, 0.3) is 0 Å². The van der Waals surface area contributed by atoms with Crippen LogP contribution in [0.1, 0.15) is 34.1 Å². The van der Waals surface area contributed by atoms with Crippen LogP contribution in [0.5, 0.6) is 0 Å². The second-order valence-corrected chi connectivity index (χ2v) is 5.02. The number of nitrogens with one attached hydrogen (secondary N) is 1. The molecule has 1 N–H and O–H groups in total. The van der Waals surface area contributed by atoms with Crippen molar-refractivity contribution < 1.29 is 4.42 Å². The van der Waals surface area contributed by atoms with Crippen molar-refractivity contribution in [3.63, 3.8) is 0 Å². The molecule has 0 saturated carbocycles. The molecule has 0 radical (unpaired) electrons. The van der Waals surface area contributed by atoms with Gasteiger partial charge in [-0.25, -0.2) is 9.97 Å². The van der Waals surface area contributed by atoms with Gasteiger partial charge >= 0.3 is 0 Å². The first kappa shape index (κ1) is 12.7. The van der Waals surface area contributed by atoms with E-state index in [0.29, 0.717) is 0 Å². The molecule has 1 aromatic carbocycles. The number of oxazole rings is 1. The smallest absolute Gasteiger partial charge is 0.180 e. The highest BCUT2D eigenvalue weighted by atomic mass is 16.3. The highest BCUT2D eigenvalue weighted by Crippen LogP contribution is 2.30. The molecule has 1 unspecified atom stereocenters. The Kier molecular flexibility index (Phi) is 3.37. The third kappa shape index (κ3) is 2.37. The van der Waals surface area contributed by atoms with Crippen molar-refractivity contribution in [2.75, 3.05) is 0 Å². The fourth-order valence-corrected chi connectivity index (χ4v) is 2.54. The number of rotatable bonds is 4. The summed E-state index contributed by atoms with van der Waals surface area (Å²) in [6.45, 7) is 4.30. The average molecular weight is 267 g/mol. The Morgan fingerprint density at radius 2 is 2.10 bits per heavy atom. The van der Waals surface area contributed by atoms with E-state index in [0.717, 1.165) is 17.9 Å². The number of nitrogens with zero attached hydrogens (tertiary/aromatic N) is 2. The highest BCUT2D eigenvalue weighted by Gasteiger charge is 2.20. The van der Waals surface area contributed by atoms with Crippen LogP contribution in [0.3, 0.4) is 0 Å². The molecule has 4 heteroatoms. The Balaban J connectivity index is 2.03. The zero-order valence-corrected chi connectivity index (χ0v) is 11.6. The molecule has 2 aromatic heterocycles. The van der Waals surface area contributed by atoms with Crippen LogP contribution in [0.2, 0.25) is 0 Å². The number of aromatic nitrogens is 3. The number of hydrogen-bond acceptors (Lipinski definition) is 3. The second kappa shape index (κ2) is 5.33. The van der Waals surface area contributed by atoms with Crippen LogP contribution in [-0.4, -0.2) is 15.0 Å². The van der Waals surface area contributed by atoms with Crippen molar-refractivity contribution >= 4 is 0 Å². The van der Waals surface area contributed by atoms with Crippen molar-refractivity contribution in [3.05, 3.63) is 71.5 Å². The minimum absolute atomic E-state index is 0.199. The van der Waals surface area contributed by atoms with Crippen LogP contribution >= 0.6 is 0 Å². The van der Waals surface area contributed by atoms with E-state index in [1.165, 1.54) is 23.1 Å². The van der Waals surface area contributed by atoms with E-state index in [9.17, 15) is 0 Å². The number of imidazole rings is 1. The van der Waals surface area contributed by atoms with Gasteiger partial charge in [0.15, 0.2) is 6.39 Å². The Labute approximate surface area is 117 Å². The topological polar surface area (TPSA) is 54.7 Å². The number of aryl methyl sites for hydroxylation is 1. The molecular formula is C16H17N3O. The monoisotopic (exact) mass is 267 g/mol. The van der Waals surface area contributed by atoms with Crippen LogP contribution in [0, 0.1) is 13.8 Å². The molecule has 102 valence electrons. The van der Waals surface area contributed by atoms with Gasteiger partial charge in [-0.1, -0.05) is 18.2 Å². The van der Waals surface area contributed by atoms with Gasteiger partial charge in [-0.2, -0.15) is 0 Å². The molecule has 0 aliphatic carbocycles. The Bertz CT molecular complexity index is 672. The largest absolute Gasteiger partial charge is 0.448 e. The van der Waals surface area contributed by atoms with Crippen molar-refractivity contribution in [1.82, 2.24) is 15.0 Å². The molecule has 4 nitrogen and oxygen atoms in total. The molecule has 20 heavy (non-hydrogen) atoms. The predicted octanol–water partition coefficient (Wildman–Crippen LogP) is 3.39. The van der Waals surface area contributed by atoms with Gasteiger partial charge in [0.25, 0.3) is 0 Å². The molecular weight excluding hydrogens is 250 g/mol. The number of benzene rings is 1. The van der Waals surface area contributed by atoms with E-state index < -0.39 is 0 Å². The molecule has 0 saturated heterocycles. The summed E-state index contributed by atoms with van der Waals surface area (Å²) in [4.78, 5) is 11.4. The van der Waals surface area contributed by atoms with Gasteiger partial charge in [0.1, 0.15) is 5.76 Å². The zero-order chi connectivity index (χ0) is 13.9. The highest BCUT2D eigenvalue weighted by molar-refractivity contribution is 5.39. The van der Waals surface area contributed by atoms with E-state index >= 15 is 0 Å². The van der Waals surface area contributed by atoms with Crippen LogP contribution in [0.4, 0.5) is 0 Å². The summed E-state index contributed by atoms with van der Waals surface area (Å²) < 4.78 is 5.41. The minimum Gasteiger partial charge on any atom is -0.448 e. The minimum atomic E-state index is 0.199. The number of hydrogen-bond donors (Lipinski definition) is 1. The van der Waals surface area contributed by atoms with E-state index in [1.807, 2.05) is 6.20 Å². The maximum Gasteiger partial charge on any atom is 0.180 e. The molecule has 0 bridgehead atoms. The summed E-state index contributed by atoms with van der Waals surface area (Å²) in [5.41, 5.74) is 5.00. The first-order valence-electron chi connectivity index (χ1n) is 6.67. The standard InChI is InChI=1S/C16H17N3O/c1-11-4-3-5-14(12(11)2)15(16-8-17-9-19-16)6-13-7-18-10-20-13/h3-5,7-10,15H,6H2,1-2H3,(H,17,19). The fraction of sp³-hybridized carbons (Fsp3) is 0.250. The molecule has 0 fully saturated rings. The summed E-state index contributed by atoms with van der Waals surface area (Å²) >= 11 is 0. The molecule has 1 atom stereocenters. The van der Waals surface area contributed by atoms with Crippen molar-refractivity contribution in [3.8, 4) is 0 Å². The molecule has 0 aliphatic heterocycles. The summed E-state index contributed by atoms with van der Waals surface area (Å²) in [5, 5.41) is 0. The van der Waals surface area contributed by atoms with Crippen molar-refractivity contribution in [2.45, 2.75) is 26.2 Å². The number of H-pyrrole nitrogens is 1. The van der Waals surface area contributed by atoms with Gasteiger partial charge in [-0.15, -0.1) is 0 Å². The van der Waals surface area contributed by atoms with Crippen LogP contribution < -0.4 is 0 Å². The second-order valence-electron chi connectivity index (χ2n) is 5.02. The normalized spacial score (nSPS) is 12.5. The van der Waals surface area contributed by atoms with Crippen molar-refractivity contribution in [2.24, 2.45) is 0 Å². The lowest BCUT2D eigenvalue weighted by atomic mass is 9.87. The molecule has 2 heterocycles. The van der Waals surface area contributed by atoms with Gasteiger partial charge in [0.2, 0.25) is 0 Å². The first-order chi connectivity index (χ1) is 9.75. The van der Waals surface area contributed by atoms with Gasteiger partial charge in [0.05, 0.1) is 12.5 Å². The predicted molar refractivity (Wildman–Crippen MR) is 76.6 cm³/mol. The maximum absolute atomic E-state index is 5.41. The molecule has 3 rings (SSSR count). The van der Waals surface area contributed by atoms with Gasteiger partial charge in [0, 0.05) is 24.2 Å². The molecule has 0 amide bonds. The zero-order valence-electron chi connectivity index (χ0n) is 11.6. The lowest BCUT2D eigenvalue weighted by molar-refractivity contribution is 0.491. The summed E-state index contributed by atoms with van der Waals surface area (Å²) in [6, 6.07) is 6.41. The lowest BCUT2D eigenvalue weighted by Crippen LogP contribution is -2.07. The Morgan fingerprint density at radius 3 is 2.80 bits per heavy atom. The molecule has 0 spiro atoms. The maximum atomic E-state index is 5.41. The van der Waals surface area contributed by atoms with Crippen LogP contribution in [-0.2, 0) is 6.42 Å². The van der Waals surface area contributed by atoms with Crippen molar-refractivity contribution in [1.29, 1.82) is 0 Å². The van der Waals surface area contributed by atoms with Crippen LogP contribution in [0.15, 0.2) is 47.7 Å². The van der Waals surface area contributed by atoms with E-state index in [4.69, 9.17) is 4.42 Å². The third-order valence-corrected chi connectivity index (χ3v) is 3.81. The fourth-order valence-electron chi connectivity index (χ4n) is 2.54. The average Bonchev–Trinajstić information content (AvgIpc) is 3.11. The first-order valence-corrected chi connectivity index (χ1v) is 6.67. The van der Waals surface area contributed by atoms with Gasteiger partial charge in [-0.05, 0) is 30.5 Å². The van der Waals surface area contributed by atoms with E-state index in [1.54, 1.807) is 12.5 Å². The molecule has 3 aromatic rings. The number of aromatic amines is 1. The lowest BCUT2D eigenvalue weighted by Gasteiger charge is -2.18. The molecule has 0 aliphatic rings. The quantitative estimate of drug-likeness (QED) is 0.788. The SMILES string of the molecule is Cc1cccc(C(Cc2cnco2)c2cnc[nH]2)c1C. The summed E-state index contributed by atoms with van der Waals surface area (Å²) in [5.74, 6) is 1.08. The van der Waals surface area contributed by atoms with E-state index in [-0.39, 0.29) is 5.92 Å².